The third-order valence-corrected chi connectivity index (χ3v) is 4.94. The lowest BCUT2D eigenvalue weighted by Gasteiger charge is -2.33. The Hall–Kier alpha value is -2.31. The van der Waals surface area contributed by atoms with Crippen LogP contribution in [0.4, 0.5) is 0 Å². The van der Waals surface area contributed by atoms with E-state index in [1.165, 1.54) is 13.2 Å². The Bertz CT molecular complexity index is 642. The Balaban J connectivity index is 1.87. The first-order valence-electron chi connectivity index (χ1n) is 8.30. The van der Waals surface area contributed by atoms with Gasteiger partial charge in [0.1, 0.15) is 0 Å². The number of nitrogens with zero attached hydrogens (tertiary/aromatic N) is 3. The lowest BCUT2D eigenvalue weighted by molar-refractivity contribution is -0.130. The predicted octanol–water partition coefficient (Wildman–Crippen LogP) is 0.823. The van der Waals surface area contributed by atoms with Gasteiger partial charge in [0.15, 0.2) is 5.76 Å². The summed E-state index contributed by atoms with van der Waals surface area (Å²) in [6.07, 6.45) is 1.84. The van der Waals surface area contributed by atoms with Crippen molar-refractivity contribution in [1.82, 2.24) is 14.7 Å². The monoisotopic (exact) mass is 333 g/mol. The lowest BCUT2D eigenvalue weighted by Crippen LogP contribution is -2.45. The van der Waals surface area contributed by atoms with Crippen LogP contribution < -0.4 is 0 Å². The second-order valence-electron chi connectivity index (χ2n) is 6.73. The van der Waals surface area contributed by atoms with Gasteiger partial charge in [-0.15, -0.1) is 0 Å². The minimum atomic E-state index is -0.405. The summed E-state index contributed by atoms with van der Waals surface area (Å²) in [6.45, 7) is 6.59. The first kappa shape index (κ1) is 16.5. The summed E-state index contributed by atoms with van der Waals surface area (Å²) in [5.41, 5.74) is -0.405. The fraction of sp³-hybridized carbons (Fsp3) is 0.588. The highest BCUT2D eigenvalue weighted by atomic mass is 16.3. The number of carbonyl (C=O) groups is 3. The Morgan fingerprint density at radius 1 is 1.21 bits per heavy atom. The molecular formula is C17H23N3O4. The van der Waals surface area contributed by atoms with E-state index in [-0.39, 0.29) is 23.5 Å². The van der Waals surface area contributed by atoms with Gasteiger partial charge in [-0.25, -0.2) is 0 Å². The van der Waals surface area contributed by atoms with Gasteiger partial charge >= 0.3 is 0 Å². The summed E-state index contributed by atoms with van der Waals surface area (Å²) >= 11 is 0. The van der Waals surface area contributed by atoms with Crippen molar-refractivity contribution >= 4 is 17.7 Å². The maximum atomic E-state index is 12.7. The number of likely N-dealkylation sites (tertiary alicyclic amines) is 1. The summed E-state index contributed by atoms with van der Waals surface area (Å²) in [4.78, 5) is 42.2. The molecule has 2 saturated heterocycles. The molecule has 0 aromatic carbocycles. The van der Waals surface area contributed by atoms with Crippen LogP contribution in [0.5, 0.6) is 0 Å². The molecule has 0 unspecified atom stereocenters. The average molecular weight is 333 g/mol. The van der Waals surface area contributed by atoms with Crippen molar-refractivity contribution in [2.75, 3.05) is 39.3 Å². The molecule has 0 N–H and O–H groups in total. The molecule has 1 spiro atoms. The fourth-order valence-corrected chi connectivity index (χ4v) is 3.74. The smallest absolute Gasteiger partial charge is 0.289 e. The van der Waals surface area contributed by atoms with Crippen molar-refractivity contribution in [2.45, 2.75) is 20.3 Å². The van der Waals surface area contributed by atoms with Crippen LogP contribution in [0, 0.1) is 5.41 Å². The van der Waals surface area contributed by atoms with E-state index in [2.05, 4.69) is 0 Å². The molecule has 7 nitrogen and oxygen atoms in total. The molecule has 2 aliphatic heterocycles. The van der Waals surface area contributed by atoms with Crippen LogP contribution in [0.3, 0.4) is 0 Å². The first-order chi connectivity index (χ1) is 11.4. The van der Waals surface area contributed by atoms with E-state index in [1.54, 1.807) is 26.8 Å². The van der Waals surface area contributed by atoms with Crippen molar-refractivity contribution in [3.05, 3.63) is 24.2 Å². The molecule has 1 atom stereocenters. The van der Waals surface area contributed by atoms with E-state index in [0.29, 0.717) is 45.7 Å². The van der Waals surface area contributed by atoms with Crippen LogP contribution in [-0.2, 0) is 9.59 Å². The van der Waals surface area contributed by atoms with Gasteiger partial charge in [0.2, 0.25) is 11.8 Å². The maximum Gasteiger partial charge on any atom is 0.289 e. The van der Waals surface area contributed by atoms with E-state index in [4.69, 9.17) is 4.42 Å². The van der Waals surface area contributed by atoms with Gasteiger partial charge < -0.3 is 19.1 Å². The summed E-state index contributed by atoms with van der Waals surface area (Å²) in [5, 5.41) is 0. The van der Waals surface area contributed by atoms with Gasteiger partial charge in [0.25, 0.3) is 5.91 Å². The minimum Gasteiger partial charge on any atom is -0.459 e. The van der Waals surface area contributed by atoms with Crippen molar-refractivity contribution in [3.63, 3.8) is 0 Å². The second kappa shape index (κ2) is 6.30. The summed E-state index contributed by atoms with van der Waals surface area (Å²) < 4.78 is 5.23. The van der Waals surface area contributed by atoms with Gasteiger partial charge in [-0.05, 0) is 19.1 Å². The highest BCUT2D eigenvalue weighted by Crippen LogP contribution is 2.35. The SMILES string of the molecule is CCN1C[C@]2(CC1=O)CN(C(C)=O)CCN(C(=O)c1ccco1)C2. The average Bonchev–Trinajstić information content (AvgIpc) is 3.12. The van der Waals surface area contributed by atoms with Crippen LogP contribution in [0.1, 0.15) is 30.8 Å². The predicted molar refractivity (Wildman–Crippen MR) is 86.2 cm³/mol. The standard InChI is InChI=1S/C17H23N3O4/c1-3-18-10-17(9-15(18)22)11-19(13(2)21)6-7-20(12-17)16(23)14-5-4-8-24-14/h4-5,8H,3,6-7,9-12H2,1-2H3/t17-/m1/s1. The number of hydrogen-bond donors (Lipinski definition) is 0. The van der Waals surface area contributed by atoms with Crippen LogP contribution in [0.2, 0.25) is 0 Å². The van der Waals surface area contributed by atoms with E-state index < -0.39 is 5.41 Å². The van der Waals surface area contributed by atoms with Crippen molar-refractivity contribution in [2.24, 2.45) is 5.41 Å². The number of rotatable bonds is 2. The molecule has 3 heterocycles. The van der Waals surface area contributed by atoms with E-state index in [1.807, 2.05) is 6.92 Å². The third kappa shape index (κ3) is 3.02. The van der Waals surface area contributed by atoms with E-state index in [9.17, 15) is 14.4 Å². The van der Waals surface area contributed by atoms with Crippen LogP contribution in [-0.4, -0.2) is 71.7 Å². The Morgan fingerprint density at radius 3 is 2.50 bits per heavy atom. The van der Waals surface area contributed by atoms with Gasteiger partial charge in [-0.1, -0.05) is 0 Å². The molecule has 3 rings (SSSR count). The molecule has 0 radical (unpaired) electrons. The molecule has 1 aromatic heterocycles. The van der Waals surface area contributed by atoms with Gasteiger partial charge in [0.05, 0.1) is 6.26 Å². The summed E-state index contributed by atoms with van der Waals surface area (Å²) in [5.74, 6) is 0.169. The van der Waals surface area contributed by atoms with Crippen LogP contribution in [0.15, 0.2) is 22.8 Å². The first-order valence-corrected chi connectivity index (χ1v) is 8.30. The summed E-state index contributed by atoms with van der Waals surface area (Å²) in [6, 6.07) is 3.32. The minimum absolute atomic E-state index is 0.0240. The molecule has 2 aliphatic rings. The number of carbonyl (C=O) groups excluding carboxylic acids is 3. The number of hydrogen-bond acceptors (Lipinski definition) is 4. The zero-order valence-electron chi connectivity index (χ0n) is 14.2. The molecule has 0 saturated carbocycles. The topological polar surface area (TPSA) is 74.1 Å². The zero-order valence-corrected chi connectivity index (χ0v) is 14.2. The molecule has 1 aromatic rings. The quantitative estimate of drug-likeness (QED) is 0.803. The van der Waals surface area contributed by atoms with Crippen LogP contribution in [0.25, 0.3) is 0 Å². The second-order valence-corrected chi connectivity index (χ2v) is 6.73. The van der Waals surface area contributed by atoms with E-state index in [0.717, 1.165) is 0 Å². The lowest BCUT2D eigenvalue weighted by atomic mass is 9.86. The third-order valence-electron chi connectivity index (χ3n) is 4.94. The normalized spacial score (nSPS) is 24.6. The van der Waals surface area contributed by atoms with Gasteiger partial charge in [-0.3, -0.25) is 14.4 Å². The fourth-order valence-electron chi connectivity index (χ4n) is 3.74. The Kier molecular flexibility index (Phi) is 4.34. The number of amides is 3. The van der Waals surface area contributed by atoms with E-state index >= 15 is 0 Å². The van der Waals surface area contributed by atoms with Crippen molar-refractivity contribution < 1.29 is 18.8 Å². The molecule has 130 valence electrons. The highest BCUT2D eigenvalue weighted by molar-refractivity contribution is 5.91. The van der Waals surface area contributed by atoms with Gasteiger partial charge in [0, 0.05) is 58.0 Å². The van der Waals surface area contributed by atoms with Crippen molar-refractivity contribution in [1.29, 1.82) is 0 Å². The number of furan rings is 1. The Morgan fingerprint density at radius 2 is 1.92 bits per heavy atom. The van der Waals surface area contributed by atoms with Crippen molar-refractivity contribution in [3.8, 4) is 0 Å². The molecule has 24 heavy (non-hydrogen) atoms. The van der Waals surface area contributed by atoms with Crippen LogP contribution >= 0.6 is 0 Å². The van der Waals surface area contributed by atoms with Gasteiger partial charge in [-0.2, -0.15) is 0 Å². The molecule has 0 aliphatic carbocycles. The Labute approximate surface area is 141 Å². The molecule has 7 heteroatoms. The highest BCUT2D eigenvalue weighted by Gasteiger charge is 2.47. The molecule has 3 amide bonds. The molecule has 2 fully saturated rings. The molecule has 0 bridgehead atoms. The zero-order chi connectivity index (χ0) is 17.3. The molecular weight excluding hydrogens is 310 g/mol. The summed E-state index contributed by atoms with van der Waals surface area (Å²) in [7, 11) is 0. The maximum absolute atomic E-state index is 12.7. The largest absolute Gasteiger partial charge is 0.459 e.